The first-order chi connectivity index (χ1) is 3.46. The van der Waals surface area contributed by atoms with E-state index in [9.17, 15) is 0 Å². The van der Waals surface area contributed by atoms with Gasteiger partial charge in [-0.2, -0.15) is 0 Å². The zero-order valence-corrected chi connectivity index (χ0v) is 5.94. The number of nitrogens with zero attached hydrogens (tertiary/aromatic N) is 1. The van der Waals surface area contributed by atoms with Crippen LogP contribution in [0.4, 0.5) is 0 Å². The molecule has 1 unspecified atom stereocenters. The Kier molecular flexibility index (Phi) is 9.59. The molecule has 4 nitrogen and oxygen atoms in total. The van der Waals surface area contributed by atoms with Crippen LogP contribution in [0.15, 0.2) is 0 Å². The fourth-order valence-electron chi connectivity index (χ4n) is 0. The maximum atomic E-state index is 8.56. The minimum absolute atomic E-state index is 2.00. The van der Waals surface area contributed by atoms with Crippen LogP contribution in [0.3, 0.4) is 0 Å². The van der Waals surface area contributed by atoms with Crippen LogP contribution in [0, 0.1) is 0 Å². The van der Waals surface area contributed by atoms with Gasteiger partial charge < -0.3 is 14.0 Å². The van der Waals surface area contributed by atoms with E-state index in [0.717, 1.165) is 0 Å². The smallest absolute Gasteiger partial charge is 0.0814 e. The average molecular weight is 140 g/mol. The highest BCUT2D eigenvalue weighted by Gasteiger charge is 1.58. The van der Waals surface area contributed by atoms with E-state index in [1.165, 1.54) is 0 Å². The van der Waals surface area contributed by atoms with Gasteiger partial charge >= 0.3 is 0 Å². The summed E-state index contributed by atoms with van der Waals surface area (Å²) in [5.41, 5.74) is 0. The molecule has 0 radical (unpaired) electrons. The second kappa shape index (κ2) is 7.03. The molecule has 52 valence electrons. The van der Waals surface area contributed by atoms with Crippen molar-refractivity contribution >= 4 is 11.4 Å². The van der Waals surface area contributed by atoms with Gasteiger partial charge in [0.2, 0.25) is 0 Å². The predicted molar refractivity (Wildman–Crippen MR) is 31.2 cm³/mol. The third kappa shape index (κ3) is 170000. The molecule has 0 bridgehead atoms. The van der Waals surface area contributed by atoms with Gasteiger partial charge in [0, 0.05) is 0 Å². The first-order valence-corrected chi connectivity index (χ1v) is 2.89. The Hall–Kier alpha value is 0.0300. The van der Waals surface area contributed by atoms with E-state index in [0.29, 0.717) is 0 Å². The van der Waals surface area contributed by atoms with Crippen molar-refractivity contribution in [2.24, 2.45) is 0 Å². The van der Waals surface area contributed by atoms with Gasteiger partial charge in [-0.15, -0.1) is 0 Å². The zero-order valence-electron chi connectivity index (χ0n) is 5.12. The molecule has 0 saturated heterocycles. The Morgan fingerprint density at radius 3 is 1.50 bits per heavy atom. The molecule has 0 aromatic rings. The Bertz CT molecular complexity index is 58.8. The van der Waals surface area contributed by atoms with Crippen molar-refractivity contribution in [2.75, 3.05) is 21.1 Å². The van der Waals surface area contributed by atoms with Gasteiger partial charge in [0.05, 0.1) is 11.4 Å². The highest BCUT2D eigenvalue weighted by molar-refractivity contribution is 7.73. The fourth-order valence-corrected chi connectivity index (χ4v) is 0. The summed E-state index contributed by atoms with van der Waals surface area (Å²) in [5, 5.41) is 0. The maximum Gasteiger partial charge on any atom is 0.0814 e. The Morgan fingerprint density at radius 2 is 1.50 bits per heavy atom. The van der Waals surface area contributed by atoms with Gasteiger partial charge in [-0.25, -0.2) is 4.21 Å². The monoisotopic (exact) mass is 140 g/mol. The fraction of sp³-hybridized carbons (Fsp3) is 1.00. The molecule has 0 fully saturated rings. The standard InChI is InChI=1S/C3H9N.H2O3S/c2*1-4(2)3/h1-3H3;(H2,1,2,3)/p-1. The highest BCUT2D eigenvalue weighted by atomic mass is 32.2. The Morgan fingerprint density at radius 1 is 1.50 bits per heavy atom. The minimum atomic E-state index is -2.86. The lowest BCUT2D eigenvalue weighted by atomic mass is 11.0. The van der Waals surface area contributed by atoms with Crippen LogP contribution >= 0.6 is 0 Å². The number of hydrogen-bond donors (Lipinski definition) is 1. The van der Waals surface area contributed by atoms with E-state index in [-0.39, 0.29) is 0 Å². The third-order valence-electron chi connectivity index (χ3n) is 0. The van der Waals surface area contributed by atoms with Crippen LogP contribution in [0.5, 0.6) is 0 Å². The van der Waals surface area contributed by atoms with Crippen molar-refractivity contribution in [3.63, 3.8) is 0 Å². The van der Waals surface area contributed by atoms with Crippen molar-refractivity contribution in [1.29, 1.82) is 0 Å². The molecular weight excluding hydrogens is 130 g/mol. The summed E-state index contributed by atoms with van der Waals surface area (Å²) in [4.78, 5) is 2.00. The van der Waals surface area contributed by atoms with E-state index in [4.69, 9.17) is 13.3 Å². The second-order valence-corrected chi connectivity index (χ2v) is 1.99. The molecule has 0 aromatic heterocycles. The lowest BCUT2D eigenvalue weighted by Gasteiger charge is -1.90. The normalized spacial score (nSPS) is 12.2. The van der Waals surface area contributed by atoms with Gasteiger partial charge in [-0.05, 0) is 21.1 Å². The van der Waals surface area contributed by atoms with Crippen LogP contribution in [0.2, 0.25) is 0 Å². The van der Waals surface area contributed by atoms with Gasteiger partial charge in [-0.1, -0.05) is 0 Å². The first-order valence-electron chi connectivity index (χ1n) is 1.86. The van der Waals surface area contributed by atoms with Crippen LogP contribution in [0.25, 0.3) is 0 Å². The summed E-state index contributed by atoms with van der Waals surface area (Å²) < 4.78 is 24.1. The molecule has 1 atom stereocenters. The van der Waals surface area contributed by atoms with E-state index in [2.05, 4.69) is 0 Å². The summed E-state index contributed by atoms with van der Waals surface area (Å²) in [6.45, 7) is 0. The highest BCUT2D eigenvalue weighted by Crippen LogP contribution is 1.47. The molecule has 0 rings (SSSR count). The summed E-state index contributed by atoms with van der Waals surface area (Å²) in [6, 6.07) is 0. The van der Waals surface area contributed by atoms with Gasteiger partial charge in [-0.3, -0.25) is 0 Å². The molecule has 8 heavy (non-hydrogen) atoms. The molecular formula is C3H10NO3S-. The topological polar surface area (TPSA) is 63.6 Å². The van der Waals surface area contributed by atoms with Gasteiger partial charge in [0.1, 0.15) is 0 Å². The largest absolute Gasteiger partial charge is 0.750 e. The van der Waals surface area contributed by atoms with Gasteiger partial charge in [0.25, 0.3) is 0 Å². The lowest BCUT2D eigenvalue weighted by Crippen LogP contribution is -1.99. The average Bonchev–Trinajstić information content (AvgIpc) is 1.25. The summed E-state index contributed by atoms with van der Waals surface area (Å²) >= 11 is -2.86. The molecule has 5 heteroatoms. The zero-order chi connectivity index (χ0) is 7.15. The summed E-state index contributed by atoms with van der Waals surface area (Å²) in [7, 11) is 6.00. The van der Waals surface area contributed by atoms with Crippen LogP contribution in [-0.2, 0) is 11.4 Å². The molecule has 0 aliphatic heterocycles. The quantitative estimate of drug-likeness (QED) is 0.461. The Balaban J connectivity index is 0. The first kappa shape index (κ1) is 10.9. The van der Waals surface area contributed by atoms with E-state index in [1.807, 2.05) is 26.0 Å². The Labute approximate surface area is 51.6 Å². The van der Waals surface area contributed by atoms with Crippen molar-refractivity contribution in [3.8, 4) is 0 Å². The SMILES string of the molecule is CN(C)C.O=S([O-])O. The van der Waals surface area contributed by atoms with E-state index in [1.54, 1.807) is 0 Å². The molecule has 0 aliphatic rings. The van der Waals surface area contributed by atoms with E-state index < -0.39 is 11.4 Å². The van der Waals surface area contributed by atoms with Crippen molar-refractivity contribution in [2.45, 2.75) is 0 Å². The second-order valence-electron chi connectivity index (χ2n) is 1.56. The summed E-state index contributed by atoms with van der Waals surface area (Å²) in [6.07, 6.45) is 0. The van der Waals surface area contributed by atoms with E-state index >= 15 is 0 Å². The number of hydrogen-bond acceptors (Lipinski definition) is 3. The van der Waals surface area contributed by atoms with Crippen molar-refractivity contribution < 1.29 is 13.3 Å². The molecule has 0 saturated carbocycles. The minimum Gasteiger partial charge on any atom is -0.750 e. The summed E-state index contributed by atoms with van der Waals surface area (Å²) in [5.74, 6) is 0. The van der Waals surface area contributed by atoms with Crippen LogP contribution < -0.4 is 0 Å². The molecule has 0 aliphatic carbocycles. The lowest BCUT2D eigenvalue weighted by molar-refractivity contribution is 0.436. The number of rotatable bonds is 0. The molecule has 1 N–H and O–H groups in total. The molecule has 0 aromatic carbocycles. The van der Waals surface area contributed by atoms with Crippen molar-refractivity contribution in [3.05, 3.63) is 0 Å². The maximum absolute atomic E-state index is 8.56. The molecule has 0 amide bonds. The van der Waals surface area contributed by atoms with Crippen molar-refractivity contribution in [1.82, 2.24) is 4.90 Å². The molecule has 0 spiro atoms. The van der Waals surface area contributed by atoms with Crippen LogP contribution in [-0.4, -0.2) is 39.4 Å². The van der Waals surface area contributed by atoms with Gasteiger partial charge in [0.15, 0.2) is 0 Å². The predicted octanol–water partition coefficient (Wildman–Crippen LogP) is -0.484. The molecule has 0 heterocycles. The third-order valence-corrected chi connectivity index (χ3v) is 0. The van der Waals surface area contributed by atoms with Crippen LogP contribution in [0.1, 0.15) is 0 Å².